The van der Waals surface area contributed by atoms with Crippen molar-refractivity contribution in [3.05, 3.63) is 66.5 Å². The zero-order valence-electron chi connectivity index (χ0n) is 18.5. The molecule has 0 aliphatic heterocycles. The van der Waals surface area contributed by atoms with Crippen LogP contribution in [0.3, 0.4) is 0 Å². The zero-order chi connectivity index (χ0) is 21.1. The Morgan fingerprint density at radius 2 is 1.70 bits per heavy atom. The number of hydrogen-bond acceptors (Lipinski definition) is 1. The smallest absolute Gasteiger partial charge is 0.0787 e. The minimum absolute atomic E-state index is 0.559. The van der Waals surface area contributed by atoms with Gasteiger partial charge in [0.25, 0.3) is 0 Å². The highest BCUT2D eigenvalue weighted by Gasteiger charge is 2.23. The van der Waals surface area contributed by atoms with Crippen molar-refractivity contribution in [1.82, 2.24) is 9.55 Å². The lowest BCUT2D eigenvalue weighted by atomic mass is 9.95. The van der Waals surface area contributed by atoms with Crippen LogP contribution < -0.4 is 0 Å². The third kappa shape index (κ3) is 3.25. The van der Waals surface area contributed by atoms with Gasteiger partial charge in [0.1, 0.15) is 0 Å². The molecule has 1 saturated carbocycles. The lowest BCUT2D eigenvalue weighted by molar-refractivity contribution is 0.359. The van der Waals surface area contributed by atoms with Crippen molar-refractivity contribution in [2.24, 2.45) is 0 Å². The predicted molar refractivity (Wildman–Crippen MR) is 133 cm³/mol. The van der Waals surface area contributed by atoms with Gasteiger partial charge in [0.05, 0.1) is 11.0 Å². The Morgan fingerprint density at radius 3 is 2.43 bits per heavy atom. The van der Waals surface area contributed by atoms with Crippen molar-refractivity contribution in [2.45, 2.75) is 58.9 Å². The van der Waals surface area contributed by atoms with Crippen molar-refractivity contribution in [3.63, 3.8) is 0 Å². The van der Waals surface area contributed by atoms with Crippen LogP contribution in [0.15, 0.2) is 55.3 Å². The van der Waals surface area contributed by atoms with E-state index in [1.165, 1.54) is 70.4 Å². The Bertz CT molecular complexity index is 1220. The molecule has 0 radical (unpaired) electrons. The van der Waals surface area contributed by atoms with Crippen LogP contribution in [0.1, 0.15) is 70.2 Å². The predicted octanol–water partition coefficient (Wildman–Crippen LogP) is 8.55. The van der Waals surface area contributed by atoms with E-state index in [4.69, 9.17) is 4.98 Å². The average molecular weight is 397 g/mol. The van der Waals surface area contributed by atoms with E-state index in [1.54, 1.807) is 0 Å². The van der Waals surface area contributed by atoms with E-state index < -0.39 is 0 Å². The first kappa shape index (κ1) is 20.4. The quantitative estimate of drug-likeness (QED) is 0.317. The van der Waals surface area contributed by atoms with Crippen LogP contribution in [-0.4, -0.2) is 9.55 Å². The van der Waals surface area contributed by atoms with Gasteiger partial charge in [-0.25, -0.2) is 0 Å². The third-order valence-electron chi connectivity index (χ3n) is 6.26. The number of allylic oxidation sites excluding steroid dienone is 1. The molecule has 30 heavy (non-hydrogen) atoms. The van der Waals surface area contributed by atoms with E-state index in [9.17, 15) is 0 Å². The first-order valence-electron chi connectivity index (χ1n) is 11.4. The monoisotopic (exact) mass is 396 g/mol. The molecule has 1 aliphatic rings. The Morgan fingerprint density at radius 1 is 0.967 bits per heavy atom. The fraction of sp³-hybridized carbons (Fsp3) is 0.321. The van der Waals surface area contributed by atoms with Crippen LogP contribution in [0.5, 0.6) is 0 Å². The van der Waals surface area contributed by atoms with Gasteiger partial charge in [-0.3, -0.25) is 4.98 Å². The molecule has 0 N–H and O–H groups in total. The van der Waals surface area contributed by atoms with Gasteiger partial charge in [-0.2, -0.15) is 0 Å². The summed E-state index contributed by atoms with van der Waals surface area (Å²) in [4.78, 5) is 4.78. The van der Waals surface area contributed by atoms with Crippen LogP contribution >= 0.6 is 0 Å². The Hall–Kier alpha value is -2.87. The molecular weight excluding hydrogens is 364 g/mol. The molecule has 1 aliphatic carbocycles. The largest absolute Gasteiger partial charge is 0.337 e. The van der Waals surface area contributed by atoms with E-state index >= 15 is 0 Å². The Kier molecular flexibility index (Phi) is 6.03. The molecule has 0 atom stereocenters. The summed E-state index contributed by atoms with van der Waals surface area (Å²) in [5, 5.41) is 5.03. The van der Waals surface area contributed by atoms with Gasteiger partial charge in [0.15, 0.2) is 0 Å². The Labute approximate surface area is 179 Å². The summed E-state index contributed by atoms with van der Waals surface area (Å²) in [6, 6.07) is 13.7. The highest BCUT2D eigenvalue weighted by molar-refractivity contribution is 6.21. The van der Waals surface area contributed by atoms with E-state index in [-0.39, 0.29) is 0 Å². The van der Waals surface area contributed by atoms with Crippen LogP contribution in [0.4, 0.5) is 0 Å². The van der Waals surface area contributed by atoms with Crippen molar-refractivity contribution < 1.29 is 0 Å². The highest BCUT2D eigenvalue weighted by atomic mass is 15.0. The second-order valence-corrected chi connectivity index (χ2v) is 7.86. The summed E-state index contributed by atoms with van der Waals surface area (Å²) in [6.07, 6.45) is 14.9. The van der Waals surface area contributed by atoms with E-state index in [1.807, 2.05) is 32.2 Å². The lowest BCUT2D eigenvalue weighted by Crippen LogP contribution is -2.14. The maximum Gasteiger partial charge on any atom is 0.0787 e. The topological polar surface area (TPSA) is 17.8 Å². The first-order chi connectivity index (χ1) is 14.8. The van der Waals surface area contributed by atoms with Crippen LogP contribution in [-0.2, 0) is 0 Å². The van der Waals surface area contributed by atoms with E-state index in [2.05, 4.69) is 60.6 Å². The highest BCUT2D eigenvalue weighted by Crippen LogP contribution is 2.41. The molecule has 154 valence electrons. The SMILES string of the molecule is C=Cc1c(/C=C\C)c2c3c(ccc4cccnc43)ccc2n1C1CCCCC1.CC. The van der Waals surface area contributed by atoms with Crippen molar-refractivity contribution >= 4 is 44.7 Å². The summed E-state index contributed by atoms with van der Waals surface area (Å²) in [6.45, 7) is 10.3. The van der Waals surface area contributed by atoms with Gasteiger partial charge in [-0.15, -0.1) is 0 Å². The zero-order valence-corrected chi connectivity index (χ0v) is 18.5. The number of hydrogen-bond donors (Lipinski definition) is 0. The molecular formula is C28H32N2. The molecule has 2 nitrogen and oxygen atoms in total. The van der Waals surface area contributed by atoms with Gasteiger partial charge in [0.2, 0.25) is 0 Å². The normalized spacial score (nSPS) is 15.0. The molecule has 2 aromatic heterocycles. The molecule has 5 rings (SSSR count). The van der Waals surface area contributed by atoms with Gasteiger partial charge in [0, 0.05) is 39.7 Å². The summed E-state index contributed by atoms with van der Waals surface area (Å²) < 4.78 is 2.57. The molecule has 0 saturated heterocycles. The van der Waals surface area contributed by atoms with E-state index in [0.717, 1.165) is 5.52 Å². The fourth-order valence-corrected chi connectivity index (χ4v) is 5.08. The molecule has 2 aromatic carbocycles. The number of aromatic nitrogens is 2. The van der Waals surface area contributed by atoms with Gasteiger partial charge < -0.3 is 4.57 Å². The summed E-state index contributed by atoms with van der Waals surface area (Å²) in [5.41, 5.74) is 4.94. The minimum Gasteiger partial charge on any atom is -0.337 e. The van der Waals surface area contributed by atoms with E-state index in [0.29, 0.717) is 6.04 Å². The maximum atomic E-state index is 4.78. The van der Waals surface area contributed by atoms with Gasteiger partial charge >= 0.3 is 0 Å². The first-order valence-corrected chi connectivity index (χ1v) is 11.4. The average Bonchev–Trinajstić information content (AvgIpc) is 3.14. The molecule has 0 bridgehead atoms. The number of rotatable bonds is 3. The van der Waals surface area contributed by atoms with Gasteiger partial charge in [-0.05, 0) is 43.4 Å². The van der Waals surface area contributed by atoms with Crippen LogP contribution in [0.2, 0.25) is 0 Å². The molecule has 2 heterocycles. The molecule has 0 amide bonds. The second kappa shape index (κ2) is 8.87. The third-order valence-corrected chi connectivity index (χ3v) is 6.26. The molecule has 0 spiro atoms. The molecule has 1 fully saturated rings. The number of benzene rings is 2. The molecule has 0 unspecified atom stereocenters. The van der Waals surface area contributed by atoms with Gasteiger partial charge in [-0.1, -0.05) is 76.1 Å². The minimum atomic E-state index is 0.559. The van der Waals surface area contributed by atoms with Crippen molar-refractivity contribution in [2.75, 3.05) is 0 Å². The standard InChI is InChI=1S/C26H26N2.C2H6/c1-3-9-21-22(4-2)28(20-11-6-5-7-12-20)23-16-15-18-13-14-19-10-8-17-27-26(19)24(18)25(21)23;1-2/h3-4,8-10,13-17,20H,2,5-7,11-12H2,1H3;1-2H3/b9-3-;. The lowest BCUT2D eigenvalue weighted by Gasteiger charge is -2.26. The summed E-state index contributed by atoms with van der Waals surface area (Å²) >= 11 is 0. The number of pyridine rings is 1. The summed E-state index contributed by atoms with van der Waals surface area (Å²) in [7, 11) is 0. The molecule has 4 aromatic rings. The molecule has 2 heteroatoms. The summed E-state index contributed by atoms with van der Waals surface area (Å²) in [5.74, 6) is 0. The Balaban J connectivity index is 0.00000106. The van der Waals surface area contributed by atoms with Crippen LogP contribution in [0, 0.1) is 0 Å². The second-order valence-electron chi connectivity index (χ2n) is 7.86. The maximum absolute atomic E-state index is 4.78. The van der Waals surface area contributed by atoms with Crippen molar-refractivity contribution in [3.8, 4) is 0 Å². The number of nitrogens with zero attached hydrogens (tertiary/aromatic N) is 2. The van der Waals surface area contributed by atoms with Crippen molar-refractivity contribution in [1.29, 1.82) is 0 Å². The number of fused-ring (bicyclic) bond motifs is 5. The fourth-order valence-electron chi connectivity index (χ4n) is 5.08. The van der Waals surface area contributed by atoms with Crippen LogP contribution in [0.25, 0.3) is 44.7 Å².